The summed E-state index contributed by atoms with van der Waals surface area (Å²) >= 11 is 0. The van der Waals surface area contributed by atoms with Crippen molar-refractivity contribution in [2.75, 3.05) is 19.8 Å². The first kappa shape index (κ1) is 8.97. The van der Waals surface area contributed by atoms with Gasteiger partial charge in [0, 0.05) is 19.6 Å². The van der Waals surface area contributed by atoms with Crippen LogP contribution >= 0.6 is 0 Å². The van der Waals surface area contributed by atoms with Gasteiger partial charge in [0.05, 0.1) is 6.61 Å². The van der Waals surface area contributed by atoms with Crippen LogP contribution in [-0.2, 0) is 14.3 Å². The van der Waals surface area contributed by atoms with Crippen LogP contribution in [0.2, 0.25) is 0 Å². The highest BCUT2D eigenvalue weighted by Gasteiger charge is 2.46. The molecule has 2 heterocycles. The Morgan fingerprint density at radius 3 is 3.15 bits per heavy atom. The summed E-state index contributed by atoms with van der Waals surface area (Å²) in [5.41, 5.74) is 0. The molecule has 13 heavy (non-hydrogen) atoms. The van der Waals surface area contributed by atoms with Gasteiger partial charge in [0.15, 0.2) is 6.23 Å². The lowest BCUT2D eigenvalue weighted by molar-refractivity contribution is -0.129. The molecule has 1 amide bonds. The molecule has 4 nitrogen and oxygen atoms in total. The summed E-state index contributed by atoms with van der Waals surface area (Å²) in [6, 6.07) is 0. The zero-order valence-electron chi connectivity index (χ0n) is 7.86. The van der Waals surface area contributed by atoms with E-state index in [1.807, 2.05) is 11.8 Å². The van der Waals surface area contributed by atoms with E-state index in [1.165, 1.54) is 0 Å². The van der Waals surface area contributed by atoms with Crippen molar-refractivity contribution < 1.29 is 14.3 Å². The second-order valence-corrected chi connectivity index (χ2v) is 3.42. The van der Waals surface area contributed by atoms with Gasteiger partial charge in [-0.2, -0.15) is 0 Å². The van der Waals surface area contributed by atoms with E-state index < -0.39 is 0 Å². The third-order valence-corrected chi connectivity index (χ3v) is 2.46. The molecule has 0 N–H and O–H groups in total. The number of carbonyl (C=O) groups excluding carboxylic acids is 1. The average molecular weight is 185 g/mol. The fourth-order valence-electron chi connectivity index (χ4n) is 1.70. The van der Waals surface area contributed by atoms with Gasteiger partial charge in [-0.1, -0.05) is 0 Å². The van der Waals surface area contributed by atoms with Crippen LogP contribution in [0.1, 0.15) is 19.8 Å². The summed E-state index contributed by atoms with van der Waals surface area (Å²) in [5, 5.41) is 0. The first-order chi connectivity index (χ1) is 6.33. The quantitative estimate of drug-likeness (QED) is 0.594. The van der Waals surface area contributed by atoms with Crippen LogP contribution in [0, 0.1) is 0 Å². The van der Waals surface area contributed by atoms with E-state index in [0.717, 1.165) is 13.0 Å². The summed E-state index contributed by atoms with van der Waals surface area (Å²) in [5.74, 6) is 0.226. The molecule has 0 aromatic rings. The van der Waals surface area contributed by atoms with Crippen LogP contribution in [0.4, 0.5) is 0 Å². The molecule has 2 aliphatic rings. The molecule has 0 aromatic heterocycles. The molecule has 0 aromatic carbocycles. The van der Waals surface area contributed by atoms with Crippen molar-refractivity contribution >= 4 is 5.91 Å². The molecule has 74 valence electrons. The molecule has 0 bridgehead atoms. The molecular formula is C9H15NO3. The van der Waals surface area contributed by atoms with Crippen LogP contribution in [0.3, 0.4) is 0 Å². The highest BCUT2D eigenvalue weighted by Crippen LogP contribution is 2.29. The van der Waals surface area contributed by atoms with Crippen molar-refractivity contribution in [2.45, 2.75) is 32.1 Å². The monoisotopic (exact) mass is 185 g/mol. The Kier molecular flexibility index (Phi) is 2.51. The van der Waals surface area contributed by atoms with Crippen molar-refractivity contribution in [3.05, 3.63) is 0 Å². The number of ether oxygens (including phenoxy) is 2. The van der Waals surface area contributed by atoms with Gasteiger partial charge in [-0.25, -0.2) is 0 Å². The summed E-state index contributed by atoms with van der Waals surface area (Å²) in [6.07, 6.45) is 1.80. The summed E-state index contributed by atoms with van der Waals surface area (Å²) in [7, 11) is 0. The minimum absolute atomic E-state index is 0.0153. The van der Waals surface area contributed by atoms with Crippen LogP contribution in [-0.4, -0.2) is 42.9 Å². The number of rotatable bonds is 4. The van der Waals surface area contributed by atoms with Crippen molar-refractivity contribution in [3.8, 4) is 0 Å². The zero-order chi connectivity index (χ0) is 9.26. The van der Waals surface area contributed by atoms with E-state index in [0.29, 0.717) is 19.6 Å². The lowest BCUT2D eigenvalue weighted by atomic mass is 10.4. The second kappa shape index (κ2) is 3.64. The molecule has 0 saturated carbocycles. The lowest BCUT2D eigenvalue weighted by Crippen LogP contribution is -2.30. The standard InChI is InChI=1S/C9H15NO3/c1-2-12-6-7-9(13-7)10-5-3-4-8(10)11/h7,9H,2-6H2,1H3. The minimum atomic E-state index is 0.0153. The molecule has 4 heteroatoms. The van der Waals surface area contributed by atoms with E-state index in [4.69, 9.17) is 9.47 Å². The molecule has 2 rings (SSSR count). The van der Waals surface area contributed by atoms with E-state index in [9.17, 15) is 4.79 Å². The Balaban J connectivity index is 1.75. The third-order valence-electron chi connectivity index (χ3n) is 2.46. The van der Waals surface area contributed by atoms with Crippen LogP contribution in [0.5, 0.6) is 0 Å². The first-order valence-corrected chi connectivity index (χ1v) is 4.85. The van der Waals surface area contributed by atoms with Crippen LogP contribution in [0.25, 0.3) is 0 Å². The lowest BCUT2D eigenvalue weighted by Gasteiger charge is -2.11. The van der Waals surface area contributed by atoms with Gasteiger partial charge in [-0.05, 0) is 13.3 Å². The van der Waals surface area contributed by atoms with Crippen LogP contribution in [0.15, 0.2) is 0 Å². The minimum Gasteiger partial charge on any atom is -0.379 e. The van der Waals surface area contributed by atoms with Gasteiger partial charge >= 0.3 is 0 Å². The molecule has 2 atom stereocenters. The van der Waals surface area contributed by atoms with E-state index in [2.05, 4.69) is 0 Å². The molecular weight excluding hydrogens is 170 g/mol. The van der Waals surface area contributed by atoms with Gasteiger partial charge in [0.25, 0.3) is 0 Å². The predicted molar refractivity (Wildman–Crippen MR) is 46.1 cm³/mol. The van der Waals surface area contributed by atoms with Crippen molar-refractivity contribution in [2.24, 2.45) is 0 Å². The smallest absolute Gasteiger partial charge is 0.224 e. The number of likely N-dealkylation sites (tertiary alicyclic amines) is 1. The van der Waals surface area contributed by atoms with Crippen molar-refractivity contribution in [1.29, 1.82) is 0 Å². The van der Waals surface area contributed by atoms with Gasteiger partial charge in [0.1, 0.15) is 6.10 Å². The maximum atomic E-state index is 11.3. The average Bonchev–Trinajstić information content (AvgIpc) is 2.77. The first-order valence-electron chi connectivity index (χ1n) is 4.85. The molecule has 2 unspecified atom stereocenters. The molecule has 0 aliphatic carbocycles. The van der Waals surface area contributed by atoms with Gasteiger partial charge in [0.2, 0.25) is 5.91 Å². The van der Waals surface area contributed by atoms with Gasteiger partial charge in [-0.15, -0.1) is 0 Å². The normalized spacial score (nSPS) is 32.7. The number of hydrogen-bond acceptors (Lipinski definition) is 3. The SMILES string of the molecule is CCOCC1OC1N1CCCC1=O. The largest absolute Gasteiger partial charge is 0.379 e. The number of epoxide rings is 1. The highest BCUT2D eigenvalue weighted by molar-refractivity contribution is 5.78. The zero-order valence-corrected chi connectivity index (χ0v) is 7.86. The fraction of sp³-hybridized carbons (Fsp3) is 0.889. The molecule has 2 fully saturated rings. The highest BCUT2D eigenvalue weighted by atomic mass is 16.6. The van der Waals surface area contributed by atoms with Gasteiger partial charge in [-0.3, -0.25) is 4.79 Å². The number of nitrogens with zero attached hydrogens (tertiary/aromatic N) is 1. The van der Waals surface area contributed by atoms with Crippen molar-refractivity contribution in [3.63, 3.8) is 0 Å². The van der Waals surface area contributed by atoms with Crippen LogP contribution < -0.4 is 0 Å². The number of amides is 1. The van der Waals surface area contributed by atoms with Crippen molar-refractivity contribution in [1.82, 2.24) is 4.90 Å². The Labute approximate surface area is 77.8 Å². The van der Waals surface area contributed by atoms with E-state index >= 15 is 0 Å². The predicted octanol–water partition coefficient (Wildman–Crippen LogP) is 0.370. The fourth-order valence-corrected chi connectivity index (χ4v) is 1.70. The van der Waals surface area contributed by atoms with E-state index in [-0.39, 0.29) is 18.2 Å². The molecule has 0 radical (unpaired) electrons. The maximum Gasteiger partial charge on any atom is 0.224 e. The number of carbonyl (C=O) groups is 1. The maximum absolute atomic E-state index is 11.3. The third kappa shape index (κ3) is 1.84. The summed E-state index contributed by atoms with van der Waals surface area (Å²) < 4.78 is 10.6. The Morgan fingerprint density at radius 1 is 1.69 bits per heavy atom. The van der Waals surface area contributed by atoms with E-state index in [1.54, 1.807) is 0 Å². The summed E-state index contributed by atoms with van der Waals surface area (Å²) in [4.78, 5) is 13.1. The molecule has 0 spiro atoms. The molecule has 2 aliphatic heterocycles. The Bertz CT molecular complexity index is 207. The summed E-state index contributed by atoms with van der Waals surface area (Å²) in [6.45, 7) is 4.13. The number of hydrogen-bond donors (Lipinski definition) is 0. The van der Waals surface area contributed by atoms with Gasteiger partial charge < -0.3 is 14.4 Å². The Morgan fingerprint density at radius 2 is 2.54 bits per heavy atom. The Hall–Kier alpha value is -0.610. The second-order valence-electron chi connectivity index (χ2n) is 3.42. The molecule has 2 saturated heterocycles. The topological polar surface area (TPSA) is 42.1 Å².